The van der Waals surface area contributed by atoms with Crippen molar-refractivity contribution in [3.8, 4) is 0 Å². The van der Waals surface area contributed by atoms with E-state index in [1.807, 2.05) is 0 Å². The van der Waals surface area contributed by atoms with E-state index in [0.29, 0.717) is 11.3 Å². The van der Waals surface area contributed by atoms with Gasteiger partial charge in [-0.2, -0.15) is 0 Å². The van der Waals surface area contributed by atoms with Gasteiger partial charge in [0.2, 0.25) is 15.9 Å². The fourth-order valence-electron chi connectivity index (χ4n) is 1.14. The predicted octanol–water partition coefficient (Wildman–Crippen LogP) is -0.347. The number of nitrogens with one attached hydrogen (secondary N) is 2. The van der Waals surface area contributed by atoms with E-state index in [1.54, 1.807) is 0 Å². The molecule has 0 spiro atoms. The van der Waals surface area contributed by atoms with Crippen LogP contribution in [0.4, 0.5) is 10.7 Å². The van der Waals surface area contributed by atoms with Crippen molar-refractivity contribution in [2.45, 2.75) is 11.1 Å². The molecule has 1 amide bonds. The second kappa shape index (κ2) is 5.95. The molecule has 1 aromatic heterocycles. The summed E-state index contributed by atoms with van der Waals surface area (Å²) in [6.07, 6.45) is 0. The van der Waals surface area contributed by atoms with E-state index >= 15 is 0 Å². The first-order valence-corrected chi connectivity index (χ1v) is 7.32. The summed E-state index contributed by atoms with van der Waals surface area (Å²) in [7, 11) is -3.86. The van der Waals surface area contributed by atoms with Crippen LogP contribution in [0.1, 0.15) is 6.92 Å². The summed E-state index contributed by atoms with van der Waals surface area (Å²) >= 11 is 0.612. The lowest BCUT2D eigenvalue weighted by atomic mass is 10.5. The molecule has 0 radical (unpaired) electrons. The Kier molecular flexibility index (Phi) is 4.80. The highest BCUT2D eigenvalue weighted by Crippen LogP contribution is 2.34. The highest BCUT2D eigenvalue weighted by molar-refractivity contribution is 7.91. The number of nitrogen functional groups attached to an aromatic ring is 1. The van der Waals surface area contributed by atoms with Crippen LogP contribution < -0.4 is 15.8 Å². The molecule has 4 N–H and O–H groups in total. The minimum Gasteiger partial charge on any atom is -0.385 e. The van der Waals surface area contributed by atoms with Gasteiger partial charge in [0.1, 0.15) is 4.21 Å². The van der Waals surface area contributed by atoms with Gasteiger partial charge in [-0.15, -0.1) is 0 Å². The second-order valence-electron chi connectivity index (χ2n) is 3.45. The molecule has 1 heterocycles. The number of sulfonamides is 1. The van der Waals surface area contributed by atoms with Crippen molar-refractivity contribution >= 4 is 38.0 Å². The smallest absolute Gasteiger partial charge is 0.304 e. The van der Waals surface area contributed by atoms with Crippen molar-refractivity contribution < 1.29 is 18.1 Å². The first-order valence-electron chi connectivity index (χ1n) is 5.02. The molecule has 1 aromatic rings. The van der Waals surface area contributed by atoms with Crippen LogP contribution in [0.5, 0.6) is 0 Å². The fraction of sp³-hybridized carbons (Fsp3) is 0.375. The maximum absolute atomic E-state index is 11.8. The monoisotopic (exact) mass is 308 g/mol. The van der Waals surface area contributed by atoms with E-state index in [1.165, 1.54) is 6.92 Å². The number of nitro groups is 1. The lowest BCUT2D eigenvalue weighted by molar-refractivity contribution is -0.383. The van der Waals surface area contributed by atoms with Gasteiger partial charge < -0.3 is 11.1 Å². The molecule has 0 bridgehead atoms. The number of anilines is 1. The number of amides is 1. The molecule has 11 heteroatoms. The van der Waals surface area contributed by atoms with Crippen LogP contribution in [-0.4, -0.2) is 32.3 Å². The maximum atomic E-state index is 11.8. The van der Waals surface area contributed by atoms with Crippen LogP contribution in [0, 0.1) is 10.1 Å². The number of thiophene rings is 1. The van der Waals surface area contributed by atoms with Gasteiger partial charge in [-0.3, -0.25) is 14.9 Å². The van der Waals surface area contributed by atoms with Gasteiger partial charge in [-0.1, -0.05) is 11.3 Å². The molecule has 0 aliphatic carbocycles. The summed E-state index contributed by atoms with van der Waals surface area (Å²) in [5, 5.41) is 12.8. The molecule has 106 valence electrons. The Bertz CT molecular complexity index is 594. The topological polar surface area (TPSA) is 144 Å². The average Bonchev–Trinajstić information content (AvgIpc) is 2.67. The third-order valence-electron chi connectivity index (χ3n) is 1.97. The number of hydrogen-bond donors (Lipinski definition) is 3. The summed E-state index contributed by atoms with van der Waals surface area (Å²) in [4.78, 5) is 20.4. The molecule has 0 saturated carbocycles. The Labute approximate surface area is 113 Å². The lowest BCUT2D eigenvalue weighted by Crippen LogP contribution is -2.33. The van der Waals surface area contributed by atoms with Gasteiger partial charge in [-0.25, -0.2) is 13.1 Å². The van der Waals surface area contributed by atoms with Crippen LogP contribution in [0.2, 0.25) is 0 Å². The highest BCUT2D eigenvalue weighted by atomic mass is 32.2. The standard InChI is InChI=1S/C8H12N4O5S2/c1-5(13)10-2-3-11-19(16,17)7-4-6(12(14)15)8(9)18-7/h4,11H,2-3,9H2,1H3,(H,10,13). The molecule has 0 aliphatic rings. The average molecular weight is 308 g/mol. The van der Waals surface area contributed by atoms with Crippen molar-refractivity contribution in [3.63, 3.8) is 0 Å². The zero-order chi connectivity index (χ0) is 14.6. The third-order valence-corrected chi connectivity index (χ3v) is 4.86. The highest BCUT2D eigenvalue weighted by Gasteiger charge is 2.24. The quantitative estimate of drug-likeness (QED) is 0.372. The molecule has 0 aromatic carbocycles. The minimum absolute atomic E-state index is 0.0203. The molecule has 0 unspecified atom stereocenters. The Morgan fingerprint density at radius 2 is 2.16 bits per heavy atom. The minimum atomic E-state index is -3.86. The Morgan fingerprint density at radius 3 is 2.63 bits per heavy atom. The van der Waals surface area contributed by atoms with Crippen molar-refractivity contribution in [1.29, 1.82) is 0 Å². The van der Waals surface area contributed by atoms with Gasteiger partial charge in [0.15, 0.2) is 5.00 Å². The van der Waals surface area contributed by atoms with Crippen LogP contribution in [0.25, 0.3) is 0 Å². The van der Waals surface area contributed by atoms with Crippen LogP contribution in [-0.2, 0) is 14.8 Å². The summed E-state index contributed by atoms with van der Waals surface area (Å²) in [6, 6.07) is 0.904. The SMILES string of the molecule is CC(=O)NCCNS(=O)(=O)c1cc([N+](=O)[O-])c(N)s1. The maximum Gasteiger partial charge on any atom is 0.304 e. The number of carbonyl (C=O) groups is 1. The third kappa shape index (κ3) is 4.15. The van der Waals surface area contributed by atoms with Crippen LogP contribution in [0.15, 0.2) is 10.3 Å². The van der Waals surface area contributed by atoms with E-state index in [9.17, 15) is 23.3 Å². The molecule has 0 saturated heterocycles. The molecule has 0 atom stereocenters. The number of hydrogen-bond acceptors (Lipinski definition) is 7. The van der Waals surface area contributed by atoms with Gasteiger partial charge >= 0.3 is 5.69 Å². The number of carbonyl (C=O) groups excluding carboxylic acids is 1. The first-order chi connectivity index (χ1) is 8.74. The summed E-state index contributed by atoms with van der Waals surface area (Å²) < 4.78 is 25.5. The fourth-order valence-corrected chi connectivity index (χ4v) is 3.43. The summed E-state index contributed by atoms with van der Waals surface area (Å²) in [5.41, 5.74) is 4.92. The van der Waals surface area contributed by atoms with E-state index in [-0.39, 0.29) is 28.2 Å². The Hall–Kier alpha value is -1.72. The lowest BCUT2D eigenvalue weighted by Gasteiger charge is -2.04. The van der Waals surface area contributed by atoms with Gasteiger partial charge in [0.05, 0.1) is 4.92 Å². The Balaban J connectivity index is 2.75. The molecule has 1 rings (SSSR count). The summed E-state index contributed by atoms with van der Waals surface area (Å²) in [5.74, 6) is -0.282. The normalized spacial score (nSPS) is 11.2. The molecular weight excluding hydrogens is 296 g/mol. The predicted molar refractivity (Wildman–Crippen MR) is 69.3 cm³/mol. The Morgan fingerprint density at radius 1 is 1.53 bits per heavy atom. The van der Waals surface area contributed by atoms with E-state index in [2.05, 4.69) is 10.0 Å². The van der Waals surface area contributed by atoms with Crippen molar-refractivity contribution in [1.82, 2.24) is 10.0 Å². The zero-order valence-electron chi connectivity index (χ0n) is 9.87. The summed E-state index contributed by atoms with van der Waals surface area (Å²) in [6.45, 7) is 1.41. The van der Waals surface area contributed by atoms with E-state index < -0.39 is 20.6 Å². The largest absolute Gasteiger partial charge is 0.385 e. The number of rotatable bonds is 6. The van der Waals surface area contributed by atoms with Crippen molar-refractivity contribution in [2.75, 3.05) is 18.8 Å². The second-order valence-corrected chi connectivity index (χ2v) is 6.53. The van der Waals surface area contributed by atoms with Crippen LogP contribution >= 0.6 is 11.3 Å². The van der Waals surface area contributed by atoms with Crippen molar-refractivity contribution in [2.24, 2.45) is 0 Å². The van der Waals surface area contributed by atoms with Gasteiger partial charge in [0, 0.05) is 26.1 Å². The molecule has 0 aliphatic heterocycles. The number of nitrogens with two attached hydrogens (primary N) is 1. The van der Waals surface area contributed by atoms with Crippen LogP contribution in [0.3, 0.4) is 0 Å². The number of nitrogens with zero attached hydrogens (tertiary/aromatic N) is 1. The van der Waals surface area contributed by atoms with Crippen molar-refractivity contribution in [3.05, 3.63) is 16.2 Å². The van der Waals surface area contributed by atoms with E-state index in [4.69, 9.17) is 5.73 Å². The molecule has 9 nitrogen and oxygen atoms in total. The van der Waals surface area contributed by atoms with E-state index in [0.717, 1.165) is 6.07 Å². The van der Waals surface area contributed by atoms with Gasteiger partial charge in [-0.05, 0) is 0 Å². The first kappa shape index (κ1) is 15.3. The molecular formula is C8H12N4O5S2. The molecule has 0 fully saturated rings. The van der Waals surface area contributed by atoms with Gasteiger partial charge in [0.25, 0.3) is 0 Å². The molecule has 19 heavy (non-hydrogen) atoms. The zero-order valence-corrected chi connectivity index (χ0v) is 11.5.